The van der Waals surface area contributed by atoms with Gasteiger partial charge >= 0.3 is 0 Å². The fourth-order valence-corrected chi connectivity index (χ4v) is 1.82. The second kappa shape index (κ2) is 4.88. The van der Waals surface area contributed by atoms with E-state index in [1.165, 1.54) is 16.7 Å². The Kier molecular flexibility index (Phi) is 3.29. The zero-order valence-corrected chi connectivity index (χ0v) is 10.1. The first-order valence-electron chi connectivity index (χ1n) is 5.70. The average molecular weight is 224 g/mol. The molecular formula is C16H16O. The van der Waals surface area contributed by atoms with Gasteiger partial charge in [-0.2, -0.15) is 0 Å². The summed E-state index contributed by atoms with van der Waals surface area (Å²) in [6.45, 7) is 4.18. The smallest absolute Gasteiger partial charge is 0.122 e. The van der Waals surface area contributed by atoms with Gasteiger partial charge in [-0.05, 0) is 31.0 Å². The molecular weight excluding hydrogens is 208 g/mol. The zero-order chi connectivity index (χ0) is 12.3. The summed E-state index contributed by atoms with van der Waals surface area (Å²) >= 11 is 0. The molecule has 0 aliphatic rings. The van der Waals surface area contributed by atoms with E-state index in [4.69, 9.17) is 0 Å². The van der Waals surface area contributed by atoms with Gasteiger partial charge in [0.05, 0.1) is 0 Å². The summed E-state index contributed by atoms with van der Waals surface area (Å²) in [5, 5.41) is 9.65. The number of hydrogen-bond donors (Lipinski definition) is 1. The Labute approximate surface area is 102 Å². The minimum Gasteiger partial charge on any atom is -0.507 e. The van der Waals surface area contributed by atoms with E-state index in [1.807, 2.05) is 30.4 Å². The van der Waals surface area contributed by atoms with Crippen molar-refractivity contribution in [3.8, 4) is 5.75 Å². The number of hydrogen-bond acceptors (Lipinski definition) is 1. The molecule has 0 spiro atoms. The van der Waals surface area contributed by atoms with Gasteiger partial charge in [-0.3, -0.25) is 0 Å². The first-order valence-corrected chi connectivity index (χ1v) is 5.70. The second-order valence-electron chi connectivity index (χ2n) is 4.25. The van der Waals surface area contributed by atoms with Crippen LogP contribution in [0.1, 0.15) is 22.3 Å². The van der Waals surface area contributed by atoms with Crippen molar-refractivity contribution in [1.29, 1.82) is 0 Å². The molecule has 1 nitrogen and oxygen atoms in total. The Morgan fingerprint density at radius 3 is 2.29 bits per heavy atom. The Hall–Kier alpha value is -2.02. The predicted octanol–water partition coefficient (Wildman–Crippen LogP) is 4.18. The zero-order valence-electron chi connectivity index (χ0n) is 10.1. The van der Waals surface area contributed by atoms with E-state index in [9.17, 15) is 5.11 Å². The highest BCUT2D eigenvalue weighted by molar-refractivity contribution is 5.73. The van der Waals surface area contributed by atoms with Crippen molar-refractivity contribution < 1.29 is 5.11 Å². The van der Waals surface area contributed by atoms with Crippen molar-refractivity contribution in [2.24, 2.45) is 0 Å². The van der Waals surface area contributed by atoms with Crippen LogP contribution in [0.2, 0.25) is 0 Å². The van der Waals surface area contributed by atoms with E-state index in [2.05, 4.69) is 32.0 Å². The molecule has 2 rings (SSSR count). The van der Waals surface area contributed by atoms with Crippen LogP contribution in [-0.2, 0) is 0 Å². The van der Waals surface area contributed by atoms with Crippen molar-refractivity contribution in [2.45, 2.75) is 13.8 Å². The van der Waals surface area contributed by atoms with Gasteiger partial charge in [-0.1, -0.05) is 54.1 Å². The summed E-state index contributed by atoms with van der Waals surface area (Å²) in [6.07, 6.45) is 3.97. The van der Waals surface area contributed by atoms with Gasteiger partial charge in [0.25, 0.3) is 0 Å². The number of phenolic OH excluding ortho intramolecular Hbond substituents is 1. The molecule has 0 aliphatic heterocycles. The molecule has 0 amide bonds. The lowest BCUT2D eigenvalue weighted by Crippen LogP contribution is -1.82. The lowest BCUT2D eigenvalue weighted by molar-refractivity contribution is 0.474. The molecule has 2 aromatic carbocycles. The molecule has 0 unspecified atom stereocenters. The molecule has 0 radical (unpaired) electrons. The summed E-state index contributed by atoms with van der Waals surface area (Å²) in [5.74, 6) is 0.313. The molecule has 0 aliphatic carbocycles. The van der Waals surface area contributed by atoms with Crippen LogP contribution in [0.4, 0.5) is 0 Å². The molecule has 86 valence electrons. The molecule has 17 heavy (non-hydrogen) atoms. The van der Waals surface area contributed by atoms with E-state index < -0.39 is 0 Å². The third-order valence-corrected chi connectivity index (χ3v) is 2.80. The van der Waals surface area contributed by atoms with Crippen LogP contribution in [0, 0.1) is 13.8 Å². The molecule has 2 aromatic rings. The fraction of sp³-hybridized carbons (Fsp3) is 0.125. The Morgan fingerprint density at radius 1 is 0.882 bits per heavy atom. The Morgan fingerprint density at radius 2 is 1.59 bits per heavy atom. The molecule has 0 aromatic heterocycles. The summed E-state index contributed by atoms with van der Waals surface area (Å²) in [4.78, 5) is 0. The van der Waals surface area contributed by atoms with E-state index >= 15 is 0 Å². The summed E-state index contributed by atoms with van der Waals surface area (Å²) in [7, 11) is 0. The second-order valence-corrected chi connectivity index (χ2v) is 4.25. The number of aromatic hydroxyl groups is 1. The minimum atomic E-state index is 0.313. The quantitative estimate of drug-likeness (QED) is 0.759. The van der Waals surface area contributed by atoms with Crippen LogP contribution in [0.15, 0.2) is 42.5 Å². The van der Waals surface area contributed by atoms with Crippen molar-refractivity contribution in [3.05, 3.63) is 64.7 Å². The molecule has 0 saturated carbocycles. The monoisotopic (exact) mass is 224 g/mol. The number of para-hydroxylation sites is 1. The summed E-state index contributed by atoms with van der Waals surface area (Å²) < 4.78 is 0. The average Bonchev–Trinajstić information content (AvgIpc) is 2.30. The van der Waals surface area contributed by atoms with Crippen LogP contribution >= 0.6 is 0 Å². The maximum Gasteiger partial charge on any atom is 0.122 e. The molecule has 0 saturated heterocycles. The van der Waals surface area contributed by atoms with E-state index in [-0.39, 0.29) is 0 Å². The molecule has 0 fully saturated rings. The van der Waals surface area contributed by atoms with Crippen LogP contribution < -0.4 is 0 Å². The van der Waals surface area contributed by atoms with Crippen LogP contribution in [0.25, 0.3) is 12.2 Å². The number of benzene rings is 2. The highest BCUT2D eigenvalue weighted by Gasteiger charge is 1.96. The highest BCUT2D eigenvalue weighted by Crippen LogP contribution is 2.20. The first-order chi connectivity index (χ1) is 8.16. The summed E-state index contributed by atoms with van der Waals surface area (Å²) in [6, 6.07) is 13.7. The van der Waals surface area contributed by atoms with Crippen molar-refractivity contribution >= 4 is 12.2 Å². The molecule has 1 N–H and O–H groups in total. The largest absolute Gasteiger partial charge is 0.507 e. The molecule has 1 heteroatoms. The lowest BCUT2D eigenvalue weighted by atomic mass is 10.0. The lowest BCUT2D eigenvalue weighted by Gasteiger charge is -2.02. The third-order valence-electron chi connectivity index (χ3n) is 2.80. The van der Waals surface area contributed by atoms with Crippen LogP contribution in [0.5, 0.6) is 5.75 Å². The van der Waals surface area contributed by atoms with Crippen LogP contribution in [0.3, 0.4) is 0 Å². The Bertz CT molecular complexity index is 553. The van der Waals surface area contributed by atoms with E-state index in [0.29, 0.717) is 5.75 Å². The van der Waals surface area contributed by atoms with Gasteiger partial charge in [-0.15, -0.1) is 0 Å². The summed E-state index contributed by atoms with van der Waals surface area (Å²) in [5.41, 5.74) is 4.53. The van der Waals surface area contributed by atoms with Crippen molar-refractivity contribution in [3.63, 3.8) is 0 Å². The third kappa shape index (κ3) is 2.76. The van der Waals surface area contributed by atoms with Crippen molar-refractivity contribution in [1.82, 2.24) is 0 Å². The molecule has 0 bridgehead atoms. The van der Waals surface area contributed by atoms with Crippen molar-refractivity contribution in [2.75, 3.05) is 0 Å². The number of rotatable bonds is 2. The van der Waals surface area contributed by atoms with E-state index in [1.54, 1.807) is 6.07 Å². The van der Waals surface area contributed by atoms with Gasteiger partial charge < -0.3 is 5.11 Å². The van der Waals surface area contributed by atoms with Gasteiger partial charge in [0, 0.05) is 5.56 Å². The Balaban J connectivity index is 2.29. The first kappa shape index (κ1) is 11.5. The standard InChI is InChI=1S/C16H16O/c1-12-7-8-14(13(2)11-12)9-10-15-5-3-4-6-16(15)17/h3-11,17H,1-2H3. The van der Waals surface area contributed by atoms with Gasteiger partial charge in [0.2, 0.25) is 0 Å². The maximum absolute atomic E-state index is 9.65. The van der Waals surface area contributed by atoms with Gasteiger partial charge in [0.1, 0.15) is 5.75 Å². The van der Waals surface area contributed by atoms with Crippen LogP contribution in [-0.4, -0.2) is 5.11 Å². The minimum absolute atomic E-state index is 0.313. The SMILES string of the molecule is Cc1ccc(C=Cc2ccccc2O)c(C)c1. The van der Waals surface area contributed by atoms with Gasteiger partial charge in [-0.25, -0.2) is 0 Å². The normalized spacial score (nSPS) is 10.9. The predicted molar refractivity (Wildman–Crippen MR) is 73.0 cm³/mol. The molecule has 0 atom stereocenters. The fourth-order valence-electron chi connectivity index (χ4n) is 1.82. The number of aryl methyl sites for hydroxylation is 2. The highest BCUT2D eigenvalue weighted by atomic mass is 16.3. The van der Waals surface area contributed by atoms with Gasteiger partial charge in [0.15, 0.2) is 0 Å². The number of phenols is 1. The topological polar surface area (TPSA) is 20.2 Å². The molecule has 0 heterocycles. The maximum atomic E-state index is 9.65. The van der Waals surface area contributed by atoms with E-state index in [0.717, 1.165) is 5.56 Å².